The summed E-state index contributed by atoms with van der Waals surface area (Å²) >= 11 is 1.49. The summed E-state index contributed by atoms with van der Waals surface area (Å²) < 4.78 is 5.24. The molecule has 0 radical (unpaired) electrons. The van der Waals surface area contributed by atoms with Gasteiger partial charge in [-0.05, 0) is 25.0 Å². The summed E-state index contributed by atoms with van der Waals surface area (Å²) in [4.78, 5) is 13.7. The van der Waals surface area contributed by atoms with E-state index in [1.165, 1.54) is 43.4 Å². The van der Waals surface area contributed by atoms with E-state index in [0.717, 1.165) is 10.8 Å². The third-order valence-electron chi connectivity index (χ3n) is 3.93. The molecular formula is C15H20N4O2S. The number of amides is 2. The van der Waals surface area contributed by atoms with Gasteiger partial charge in [-0.2, -0.15) is 0 Å². The minimum absolute atomic E-state index is 0.206. The second kappa shape index (κ2) is 6.91. The average molecular weight is 320 g/mol. The molecule has 2 aromatic rings. The summed E-state index contributed by atoms with van der Waals surface area (Å²) in [5.41, 5.74) is 0. The molecule has 7 heteroatoms. The number of carbonyl (C=O) groups excluding carboxylic acids is 1. The lowest BCUT2D eigenvalue weighted by atomic mass is 9.90. The van der Waals surface area contributed by atoms with Crippen molar-refractivity contribution < 1.29 is 9.21 Å². The van der Waals surface area contributed by atoms with E-state index in [2.05, 4.69) is 15.5 Å². The molecule has 1 fully saturated rings. The van der Waals surface area contributed by atoms with Gasteiger partial charge in [0.05, 0.1) is 12.8 Å². The molecule has 6 nitrogen and oxygen atoms in total. The molecule has 0 unspecified atom stereocenters. The van der Waals surface area contributed by atoms with Gasteiger partial charge in [-0.15, -0.1) is 10.2 Å². The van der Waals surface area contributed by atoms with E-state index < -0.39 is 0 Å². The van der Waals surface area contributed by atoms with Crippen LogP contribution in [-0.2, 0) is 6.54 Å². The minimum atomic E-state index is -0.206. The average Bonchev–Trinajstić information content (AvgIpc) is 3.20. The van der Waals surface area contributed by atoms with Crippen molar-refractivity contribution in [2.75, 3.05) is 12.4 Å². The number of nitrogens with one attached hydrogen (secondary N) is 1. The van der Waals surface area contributed by atoms with E-state index in [0.29, 0.717) is 17.6 Å². The molecule has 0 bridgehead atoms. The third-order valence-corrected chi connectivity index (χ3v) is 4.93. The number of nitrogens with zero attached hydrogens (tertiary/aromatic N) is 3. The fourth-order valence-electron chi connectivity index (χ4n) is 2.69. The summed E-state index contributed by atoms with van der Waals surface area (Å²) in [6.07, 6.45) is 7.80. The van der Waals surface area contributed by atoms with Crippen LogP contribution >= 0.6 is 11.3 Å². The second-order valence-corrected chi connectivity index (χ2v) is 6.66. The summed E-state index contributed by atoms with van der Waals surface area (Å²) in [6, 6.07) is 3.45. The third kappa shape index (κ3) is 3.65. The fraction of sp³-hybridized carbons (Fsp3) is 0.533. The van der Waals surface area contributed by atoms with E-state index in [-0.39, 0.29) is 6.03 Å². The lowest BCUT2D eigenvalue weighted by Gasteiger charge is -2.18. The zero-order chi connectivity index (χ0) is 15.4. The molecular weight excluding hydrogens is 300 g/mol. The molecule has 1 aliphatic rings. The van der Waals surface area contributed by atoms with Crippen LogP contribution in [0.2, 0.25) is 0 Å². The number of hydrogen-bond acceptors (Lipinski definition) is 5. The van der Waals surface area contributed by atoms with Gasteiger partial charge in [-0.3, -0.25) is 5.32 Å². The monoisotopic (exact) mass is 320 g/mol. The molecule has 3 rings (SSSR count). The summed E-state index contributed by atoms with van der Waals surface area (Å²) in [5, 5.41) is 12.8. The van der Waals surface area contributed by atoms with E-state index in [9.17, 15) is 4.79 Å². The van der Waals surface area contributed by atoms with Crippen molar-refractivity contribution in [2.45, 2.75) is 44.6 Å². The Bertz CT molecular complexity index is 605. The number of hydrogen-bond donors (Lipinski definition) is 1. The molecule has 2 aromatic heterocycles. The molecule has 2 amide bonds. The summed E-state index contributed by atoms with van der Waals surface area (Å²) in [6.45, 7) is 0.424. The Morgan fingerprint density at radius 2 is 2.23 bits per heavy atom. The van der Waals surface area contributed by atoms with E-state index in [1.54, 1.807) is 18.2 Å². The fourth-order valence-corrected chi connectivity index (χ4v) is 3.60. The number of urea groups is 1. The molecule has 22 heavy (non-hydrogen) atoms. The van der Waals surface area contributed by atoms with Gasteiger partial charge in [0.15, 0.2) is 0 Å². The van der Waals surface area contributed by atoms with Crippen molar-refractivity contribution >= 4 is 22.5 Å². The molecule has 0 aromatic carbocycles. The van der Waals surface area contributed by atoms with Gasteiger partial charge in [0.2, 0.25) is 5.13 Å². The summed E-state index contributed by atoms with van der Waals surface area (Å²) in [5.74, 6) is 1.26. The maximum absolute atomic E-state index is 12.1. The first kappa shape index (κ1) is 15.0. The van der Waals surface area contributed by atoms with Crippen LogP contribution in [0.25, 0.3) is 0 Å². The maximum atomic E-state index is 12.1. The molecule has 0 aliphatic heterocycles. The van der Waals surface area contributed by atoms with E-state index in [1.807, 2.05) is 12.1 Å². The van der Waals surface area contributed by atoms with Gasteiger partial charge >= 0.3 is 6.03 Å². The zero-order valence-electron chi connectivity index (χ0n) is 12.6. The SMILES string of the molecule is CN(Cc1ccco1)C(=O)Nc1nnc(C2CCCCC2)s1. The van der Waals surface area contributed by atoms with Crippen LogP contribution in [0.4, 0.5) is 9.93 Å². The van der Waals surface area contributed by atoms with Crippen molar-refractivity contribution in [1.29, 1.82) is 0 Å². The van der Waals surface area contributed by atoms with Gasteiger partial charge in [0, 0.05) is 13.0 Å². The topological polar surface area (TPSA) is 71.3 Å². The Morgan fingerprint density at radius 3 is 2.95 bits per heavy atom. The highest BCUT2D eigenvalue weighted by atomic mass is 32.1. The van der Waals surface area contributed by atoms with Gasteiger partial charge in [-0.1, -0.05) is 30.6 Å². The van der Waals surface area contributed by atoms with Crippen LogP contribution in [0, 0.1) is 0 Å². The Hall–Kier alpha value is -1.89. The molecule has 2 heterocycles. The Morgan fingerprint density at radius 1 is 1.41 bits per heavy atom. The quantitative estimate of drug-likeness (QED) is 0.929. The molecule has 1 saturated carbocycles. The van der Waals surface area contributed by atoms with Gasteiger partial charge in [-0.25, -0.2) is 4.79 Å². The number of anilines is 1. The molecule has 0 spiro atoms. The largest absolute Gasteiger partial charge is 0.467 e. The molecule has 0 atom stereocenters. The predicted octanol–water partition coefficient (Wildman–Crippen LogP) is 3.84. The van der Waals surface area contributed by atoms with Crippen molar-refractivity contribution in [3.8, 4) is 0 Å². The van der Waals surface area contributed by atoms with Crippen LogP contribution in [-0.4, -0.2) is 28.2 Å². The Balaban J connectivity index is 1.56. The molecule has 1 N–H and O–H groups in total. The first-order valence-electron chi connectivity index (χ1n) is 7.60. The van der Waals surface area contributed by atoms with Gasteiger partial charge in [0.1, 0.15) is 10.8 Å². The molecule has 1 aliphatic carbocycles. The van der Waals surface area contributed by atoms with Crippen molar-refractivity contribution in [1.82, 2.24) is 15.1 Å². The highest BCUT2D eigenvalue weighted by Crippen LogP contribution is 2.35. The number of furan rings is 1. The Kier molecular flexibility index (Phi) is 4.72. The first-order chi connectivity index (χ1) is 10.7. The smallest absolute Gasteiger partial charge is 0.323 e. The van der Waals surface area contributed by atoms with Crippen LogP contribution in [0.1, 0.15) is 48.8 Å². The lowest BCUT2D eigenvalue weighted by molar-refractivity contribution is 0.216. The van der Waals surface area contributed by atoms with Crippen molar-refractivity contribution in [3.63, 3.8) is 0 Å². The van der Waals surface area contributed by atoms with Gasteiger partial charge in [0.25, 0.3) is 0 Å². The lowest BCUT2D eigenvalue weighted by Crippen LogP contribution is -2.30. The predicted molar refractivity (Wildman–Crippen MR) is 84.9 cm³/mol. The van der Waals surface area contributed by atoms with Crippen LogP contribution in [0.3, 0.4) is 0 Å². The second-order valence-electron chi connectivity index (χ2n) is 5.65. The normalized spacial score (nSPS) is 15.7. The molecule has 0 saturated heterocycles. The van der Waals surface area contributed by atoms with Crippen LogP contribution < -0.4 is 5.32 Å². The summed E-state index contributed by atoms with van der Waals surface area (Å²) in [7, 11) is 1.72. The van der Waals surface area contributed by atoms with E-state index >= 15 is 0 Å². The van der Waals surface area contributed by atoms with Crippen LogP contribution in [0.15, 0.2) is 22.8 Å². The minimum Gasteiger partial charge on any atom is -0.467 e. The first-order valence-corrected chi connectivity index (χ1v) is 8.42. The highest BCUT2D eigenvalue weighted by molar-refractivity contribution is 7.15. The Labute approximate surface area is 133 Å². The standard InChI is InChI=1S/C15H20N4O2S/c1-19(10-12-8-5-9-21-12)15(20)16-14-18-17-13(22-14)11-6-3-2-4-7-11/h5,8-9,11H,2-4,6-7,10H2,1H3,(H,16,18,20). The maximum Gasteiger partial charge on any atom is 0.323 e. The van der Waals surface area contributed by atoms with Crippen LogP contribution in [0.5, 0.6) is 0 Å². The van der Waals surface area contributed by atoms with Gasteiger partial charge < -0.3 is 9.32 Å². The highest BCUT2D eigenvalue weighted by Gasteiger charge is 2.20. The number of carbonyl (C=O) groups is 1. The number of rotatable bonds is 4. The number of aromatic nitrogens is 2. The van der Waals surface area contributed by atoms with Crippen molar-refractivity contribution in [2.24, 2.45) is 0 Å². The van der Waals surface area contributed by atoms with Crippen molar-refractivity contribution in [3.05, 3.63) is 29.2 Å². The zero-order valence-corrected chi connectivity index (χ0v) is 13.4. The van der Waals surface area contributed by atoms with E-state index in [4.69, 9.17) is 4.42 Å². The molecule has 118 valence electrons.